The van der Waals surface area contributed by atoms with Crippen LogP contribution in [-0.4, -0.2) is 12.6 Å². The molecule has 0 aliphatic heterocycles. The minimum atomic E-state index is -0.331. The van der Waals surface area contributed by atoms with Crippen LogP contribution in [0, 0.1) is 0 Å². The van der Waals surface area contributed by atoms with Crippen LogP contribution in [0.5, 0.6) is 0 Å². The molecule has 1 rings (SSSR count). The fourth-order valence-corrected chi connectivity index (χ4v) is 2.22. The Kier molecular flexibility index (Phi) is 5.01. The van der Waals surface area contributed by atoms with Gasteiger partial charge in [0.25, 0.3) is 0 Å². The average molecular weight is 243 g/mol. The lowest BCUT2D eigenvalue weighted by Crippen LogP contribution is -2.11. The summed E-state index contributed by atoms with van der Waals surface area (Å²) in [4.78, 5) is 12.5. The molecule has 0 amide bonds. The van der Waals surface area contributed by atoms with Crippen LogP contribution in [0.2, 0.25) is 0 Å². The van der Waals surface area contributed by atoms with Gasteiger partial charge in [0.1, 0.15) is 0 Å². The molecule has 1 aromatic carbocycles. The highest BCUT2D eigenvalue weighted by Gasteiger charge is 2.14. The van der Waals surface area contributed by atoms with Gasteiger partial charge < -0.3 is 10.5 Å². The number of esters is 1. The first-order valence-electron chi connectivity index (χ1n) is 4.55. The average Bonchev–Trinajstić information content (AvgIpc) is 2.28. The number of carbonyl (C=O) groups is 1. The fourth-order valence-electron chi connectivity index (χ4n) is 1.26. The lowest BCUT2D eigenvalue weighted by Gasteiger charge is -2.10. The molecule has 0 spiro atoms. The molecule has 0 heterocycles. The zero-order chi connectivity index (χ0) is 11.3. The molecular formula is C10H13NO2S2. The van der Waals surface area contributed by atoms with Gasteiger partial charge in [-0.15, -0.1) is 11.7 Å². The highest BCUT2D eigenvalue weighted by molar-refractivity contribution is 8.68. The predicted octanol–water partition coefficient (Wildman–Crippen LogP) is 2.26. The Balaban J connectivity index is 3.11. The SMILES string of the molecule is CCOC(=O)c1cccc(SS)c1CN. The van der Waals surface area contributed by atoms with Crippen LogP contribution in [-0.2, 0) is 11.3 Å². The third-order valence-electron chi connectivity index (χ3n) is 1.93. The molecule has 0 unspecified atom stereocenters. The van der Waals surface area contributed by atoms with Crippen molar-refractivity contribution in [1.29, 1.82) is 0 Å². The number of hydrogen-bond donors (Lipinski definition) is 2. The Morgan fingerprint density at radius 1 is 1.60 bits per heavy atom. The van der Waals surface area contributed by atoms with Crippen LogP contribution in [0.1, 0.15) is 22.8 Å². The zero-order valence-corrected chi connectivity index (χ0v) is 10.1. The van der Waals surface area contributed by atoms with Crippen LogP contribution in [0.15, 0.2) is 23.1 Å². The Morgan fingerprint density at radius 3 is 2.87 bits per heavy atom. The molecule has 0 atom stereocenters. The van der Waals surface area contributed by atoms with Gasteiger partial charge in [-0.1, -0.05) is 16.9 Å². The molecule has 0 aromatic heterocycles. The maximum absolute atomic E-state index is 11.6. The van der Waals surface area contributed by atoms with Crippen molar-refractivity contribution in [1.82, 2.24) is 0 Å². The van der Waals surface area contributed by atoms with Gasteiger partial charge in [-0.25, -0.2) is 4.79 Å². The van der Waals surface area contributed by atoms with E-state index in [1.165, 1.54) is 10.8 Å². The molecule has 0 aliphatic carbocycles. The van der Waals surface area contributed by atoms with E-state index < -0.39 is 0 Å². The van der Waals surface area contributed by atoms with E-state index in [0.717, 1.165) is 10.5 Å². The number of nitrogens with two attached hydrogens (primary N) is 1. The number of thiol groups is 1. The largest absolute Gasteiger partial charge is 0.462 e. The Labute approximate surface area is 98.2 Å². The van der Waals surface area contributed by atoms with E-state index in [4.69, 9.17) is 10.5 Å². The van der Waals surface area contributed by atoms with Crippen LogP contribution < -0.4 is 5.73 Å². The summed E-state index contributed by atoms with van der Waals surface area (Å²) in [6.45, 7) is 2.44. The minimum absolute atomic E-state index is 0.303. The van der Waals surface area contributed by atoms with E-state index in [1.54, 1.807) is 19.1 Å². The second-order valence-electron chi connectivity index (χ2n) is 2.80. The van der Waals surface area contributed by atoms with Gasteiger partial charge >= 0.3 is 5.97 Å². The van der Waals surface area contributed by atoms with Gasteiger partial charge in [0.2, 0.25) is 0 Å². The van der Waals surface area contributed by atoms with Crippen molar-refractivity contribution in [2.45, 2.75) is 18.4 Å². The maximum atomic E-state index is 11.6. The fraction of sp³-hybridized carbons (Fsp3) is 0.300. The van der Waals surface area contributed by atoms with Crippen LogP contribution in [0.3, 0.4) is 0 Å². The van der Waals surface area contributed by atoms with Gasteiger partial charge in [0, 0.05) is 11.4 Å². The van der Waals surface area contributed by atoms with E-state index in [-0.39, 0.29) is 5.97 Å². The van der Waals surface area contributed by atoms with Gasteiger partial charge in [0.05, 0.1) is 12.2 Å². The quantitative estimate of drug-likeness (QED) is 0.484. The lowest BCUT2D eigenvalue weighted by molar-refractivity contribution is 0.0524. The van der Waals surface area contributed by atoms with Crippen molar-refractivity contribution in [3.05, 3.63) is 29.3 Å². The normalized spacial score (nSPS) is 10.1. The monoisotopic (exact) mass is 243 g/mol. The van der Waals surface area contributed by atoms with Crippen molar-refractivity contribution >= 4 is 28.4 Å². The molecule has 0 saturated carbocycles. The number of ether oxygens (including phenoxy) is 1. The first kappa shape index (κ1) is 12.4. The van der Waals surface area contributed by atoms with Gasteiger partial charge in [0.15, 0.2) is 0 Å². The first-order valence-corrected chi connectivity index (χ1v) is 6.42. The molecule has 0 saturated heterocycles. The molecule has 82 valence electrons. The molecule has 2 N–H and O–H groups in total. The summed E-state index contributed by atoms with van der Waals surface area (Å²) in [5.74, 6) is -0.331. The van der Waals surface area contributed by atoms with Gasteiger partial charge in [-0.2, -0.15) is 0 Å². The summed E-state index contributed by atoms with van der Waals surface area (Å²) < 4.78 is 4.94. The molecule has 0 radical (unpaired) electrons. The van der Waals surface area contributed by atoms with Crippen LogP contribution in [0.4, 0.5) is 0 Å². The second-order valence-corrected chi connectivity index (χ2v) is 3.97. The maximum Gasteiger partial charge on any atom is 0.338 e. The summed E-state index contributed by atoms with van der Waals surface area (Å²) in [6.07, 6.45) is 0. The van der Waals surface area contributed by atoms with E-state index >= 15 is 0 Å². The van der Waals surface area contributed by atoms with E-state index in [2.05, 4.69) is 11.7 Å². The molecule has 0 fully saturated rings. The van der Waals surface area contributed by atoms with Crippen LogP contribution in [0.25, 0.3) is 0 Å². The highest BCUT2D eigenvalue weighted by atomic mass is 33.1. The highest BCUT2D eigenvalue weighted by Crippen LogP contribution is 2.28. The number of benzene rings is 1. The summed E-state index contributed by atoms with van der Waals surface area (Å²) in [5, 5.41) is 0. The van der Waals surface area contributed by atoms with Crippen LogP contribution >= 0.6 is 22.5 Å². The molecule has 15 heavy (non-hydrogen) atoms. The molecule has 5 heteroatoms. The predicted molar refractivity (Wildman–Crippen MR) is 65.1 cm³/mol. The van der Waals surface area contributed by atoms with E-state index in [1.807, 2.05) is 6.07 Å². The molecule has 3 nitrogen and oxygen atoms in total. The van der Waals surface area contributed by atoms with E-state index in [9.17, 15) is 4.79 Å². The summed E-state index contributed by atoms with van der Waals surface area (Å²) >= 11 is 4.11. The second kappa shape index (κ2) is 6.05. The summed E-state index contributed by atoms with van der Waals surface area (Å²) in [6, 6.07) is 5.39. The Morgan fingerprint density at radius 2 is 2.33 bits per heavy atom. The van der Waals surface area contributed by atoms with Gasteiger partial charge in [-0.3, -0.25) is 0 Å². The zero-order valence-electron chi connectivity index (χ0n) is 8.40. The number of hydrogen-bond acceptors (Lipinski definition) is 5. The molecule has 0 bridgehead atoms. The van der Waals surface area contributed by atoms with Crippen molar-refractivity contribution in [2.24, 2.45) is 5.73 Å². The smallest absolute Gasteiger partial charge is 0.338 e. The van der Waals surface area contributed by atoms with E-state index in [0.29, 0.717) is 18.7 Å². The van der Waals surface area contributed by atoms with Crippen molar-refractivity contribution < 1.29 is 9.53 Å². The molecule has 0 aliphatic rings. The third kappa shape index (κ3) is 2.90. The Bertz CT molecular complexity index is 355. The third-order valence-corrected chi connectivity index (χ3v) is 3.10. The molecule has 1 aromatic rings. The summed E-state index contributed by atoms with van der Waals surface area (Å²) in [5.41, 5.74) is 6.92. The first-order chi connectivity index (χ1) is 7.24. The topological polar surface area (TPSA) is 52.3 Å². The Hall–Kier alpha value is -0.650. The molecular weight excluding hydrogens is 230 g/mol. The standard InChI is InChI=1S/C10H13NO2S2/c1-2-13-10(12)7-4-3-5-9(15-14)8(7)6-11/h3-5,14H,2,6,11H2,1H3. The number of carbonyl (C=O) groups excluding carboxylic acids is 1. The summed E-state index contributed by atoms with van der Waals surface area (Å²) in [7, 11) is 1.28. The minimum Gasteiger partial charge on any atom is -0.462 e. The number of rotatable bonds is 4. The lowest BCUT2D eigenvalue weighted by atomic mass is 10.1. The van der Waals surface area contributed by atoms with Crippen molar-refractivity contribution in [2.75, 3.05) is 6.61 Å². The van der Waals surface area contributed by atoms with Crippen molar-refractivity contribution in [3.63, 3.8) is 0 Å². The van der Waals surface area contributed by atoms with Gasteiger partial charge in [-0.05, 0) is 24.6 Å². The van der Waals surface area contributed by atoms with Crippen molar-refractivity contribution in [3.8, 4) is 0 Å².